The highest BCUT2D eigenvalue weighted by Gasteiger charge is 2.04. The van der Waals surface area contributed by atoms with Gasteiger partial charge in [0.25, 0.3) is 0 Å². The van der Waals surface area contributed by atoms with E-state index in [9.17, 15) is 0 Å². The van der Waals surface area contributed by atoms with E-state index in [1.165, 1.54) is 17.7 Å². The average molecular weight is 220 g/mol. The van der Waals surface area contributed by atoms with Crippen LogP contribution in [0, 0.1) is 0 Å². The van der Waals surface area contributed by atoms with E-state index in [4.69, 9.17) is 0 Å². The summed E-state index contributed by atoms with van der Waals surface area (Å²) in [6.45, 7) is 8.70. The molecular weight excluding hydrogens is 196 g/mol. The van der Waals surface area contributed by atoms with Crippen LogP contribution in [0.3, 0.4) is 0 Å². The van der Waals surface area contributed by atoms with Gasteiger partial charge in [0.05, 0.1) is 0 Å². The molecule has 0 saturated carbocycles. The molecular formula is C14H24N2. The Labute approximate surface area is 99.7 Å². The SMILES string of the molecule is CCCNC(C)c1ccc(N(C)CC)cc1. The maximum Gasteiger partial charge on any atom is 0.0363 e. The van der Waals surface area contributed by atoms with Gasteiger partial charge < -0.3 is 10.2 Å². The van der Waals surface area contributed by atoms with Crippen molar-refractivity contribution in [2.45, 2.75) is 33.2 Å². The lowest BCUT2D eigenvalue weighted by molar-refractivity contribution is 0.571. The van der Waals surface area contributed by atoms with Crippen molar-refractivity contribution in [3.63, 3.8) is 0 Å². The van der Waals surface area contributed by atoms with Crippen molar-refractivity contribution in [1.29, 1.82) is 0 Å². The van der Waals surface area contributed by atoms with Gasteiger partial charge in [0.15, 0.2) is 0 Å². The smallest absolute Gasteiger partial charge is 0.0363 e. The Hall–Kier alpha value is -1.02. The average Bonchev–Trinajstić information content (AvgIpc) is 2.35. The summed E-state index contributed by atoms with van der Waals surface area (Å²) in [4.78, 5) is 2.24. The molecule has 1 atom stereocenters. The lowest BCUT2D eigenvalue weighted by Crippen LogP contribution is -2.19. The number of benzene rings is 1. The number of nitrogens with one attached hydrogen (secondary N) is 1. The first-order valence-corrected chi connectivity index (χ1v) is 6.23. The van der Waals surface area contributed by atoms with Crippen LogP contribution in [0.2, 0.25) is 0 Å². The van der Waals surface area contributed by atoms with Crippen LogP contribution in [-0.2, 0) is 0 Å². The van der Waals surface area contributed by atoms with Crippen LogP contribution in [0.5, 0.6) is 0 Å². The molecule has 0 amide bonds. The Kier molecular flexibility index (Phi) is 5.33. The Morgan fingerprint density at radius 1 is 1.19 bits per heavy atom. The van der Waals surface area contributed by atoms with E-state index in [1.807, 2.05) is 0 Å². The molecule has 0 aromatic heterocycles. The van der Waals surface area contributed by atoms with Gasteiger partial charge in [-0.1, -0.05) is 19.1 Å². The van der Waals surface area contributed by atoms with Crippen LogP contribution in [0.25, 0.3) is 0 Å². The number of hydrogen-bond donors (Lipinski definition) is 1. The molecule has 0 aliphatic rings. The first-order valence-electron chi connectivity index (χ1n) is 6.23. The fourth-order valence-electron chi connectivity index (χ4n) is 1.68. The second-order valence-electron chi connectivity index (χ2n) is 4.28. The molecule has 1 N–H and O–H groups in total. The molecule has 0 fully saturated rings. The molecule has 16 heavy (non-hydrogen) atoms. The van der Waals surface area contributed by atoms with Crippen LogP contribution < -0.4 is 10.2 Å². The van der Waals surface area contributed by atoms with Crippen molar-refractivity contribution in [3.05, 3.63) is 29.8 Å². The Bertz CT molecular complexity index is 292. The summed E-state index contributed by atoms with van der Waals surface area (Å²) in [5, 5.41) is 3.50. The molecule has 0 radical (unpaired) electrons. The molecule has 0 spiro atoms. The van der Waals surface area contributed by atoms with Gasteiger partial charge in [0.1, 0.15) is 0 Å². The molecule has 0 aliphatic carbocycles. The van der Waals surface area contributed by atoms with Gasteiger partial charge in [-0.15, -0.1) is 0 Å². The molecule has 2 nitrogen and oxygen atoms in total. The Morgan fingerprint density at radius 2 is 1.81 bits per heavy atom. The molecule has 0 bridgehead atoms. The topological polar surface area (TPSA) is 15.3 Å². The summed E-state index contributed by atoms with van der Waals surface area (Å²) in [6.07, 6.45) is 1.18. The number of rotatable bonds is 6. The maximum absolute atomic E-state index is 3.50. The fourth-order valence-corrected chi connectivity index (χ4v) is 1.68. The number of anilines is 1. The molecule has 1 aromatic rings. The summed E-state index contributed by atoms with van der Waals surface area (Å²) in [6, 6.07) is 9.27. The van der Waals surface area contributed by atoms with Crippen molar-refractivity contribution in [2.75, 3.05) is 25.0 Å². The molecule has 0 aliphatic heterocycles. The van der Waals surface area contributed by atoms with Gasteiger partial charge in [0.2, 0.25) is 0 Å². The Balaban J connectivity index is 2.63. The van der Waals surface area contributed by atoms with Crippen LogP contribution in [0.1, 0.15) is 38.8 Å². The minimum atomic E-state index is 0.445. The maximum atomic E-state index is 3.50. The number of hydrogen-bond acceptors (Lipinski definition) is 2. The second-order valence-corrected chi connectivity index (χ2v) is 4.28. The normalized spacial score (nSPS) is 12.5. The van der Waals surface area contributed by atoms with Crippen LogP contribution in [0.15, 0.2) is 24.3 Å². The van der Waals surface area contributed by atoms with Crippen molar-refractivity contribution >= 4 is 5.69 Å². The van der Waals surface area contributed by atoms with Crippen molar-refractivity contribution in [3.8, 4) is 0 Å². The minimum Gasteiger partial charge on any atom is -0.375 e. The van der Waals surface area contributed by atoms with Gasteiger partial charge in [-0.05, 0) is 44.5 Å². The zero-order valence-electron chi connectivity index (χ0n) is 11.0. The zero-order valence-corrected chi connectivity index (χ0v) is 11.0. The van der Waals surface area contributed by atoms with E-state index in [-0.39, 0.29) is 0 Å². The summed E-state index contributed by atoms with van der Waals surface area (Å²) in [5.41, 5.74) is 2.65. The monoisotopic (exact) mass is 220 g/mol. The van der Waals surface area contributed by atoms with E-state index in [2.05, 4.69) is 62.3 Å². The third-order valence-electron chi connectivity index (χ3n) is 3.01. The standard InChI is InChI=1S/C14H24N2/c1-5-11-15-12(3)13-7-9-14(10-8-13)16(4)6-2/h7-10,12,15H,5-6,11H2,1-4H3. The minimum absolute atomic E-state index is 0.445. The molecule has 0 heterocycles. The van der Waals surface area contributed by atoms with Crippen LogP contribution in [-0.4, -0.2) is 20.1 Å². The molecule has 90 valence electrons. The number of nitrogens with zero attached hydrogens (tertiary/aromatic N) is 1. The second kappa shape index (κ2) is 6.54. The van der Waals surface area contributed by atoms with Crippen LogP contribution in [0.4, 0.5) is 5.69 Å². The third kappa shape index (κ3) is 3.53. The first kappa shape index (κ1) is 13.0. The fraction of sp³-hybridized carbons (Fsp3) is 0.571. The van der Waals surface area contributed by atoms with Gasteiger partial charge >= 0.3 is 0 Å². The van der Waals surface area contributed by atoms with E-state index in [0.29, 0.717) is 6.04 Å². The summed E-state index contributed by atoms with van der Waals surface area (Å²) in [5.74, 6) is 0. The van der Waals surface area contributed by atoms with Crippen molar-refractivity contribution in [1.82, 2.24) is 5.32 Å². The summed E-state index contributed by atoms with van der Waals surface area (Å²) < 4.78 is 0. The molecule has 1 unspecified atom stereocenters. The molecule has 0 saturated heterocycles. The predicted molar refractivity (Wildman–Crippen MR) is 72.1 cm³/mol. The first-order chi connectivity index (χ1) is 7.69. The van der Waals surface area contributed by atoms with Gasteiger partial charge in [-0.25, -0.2) is 0 Å². The lowest BCUT2D eigenvalue weighted by atomic mass is 10.1. The van der Waals surface area contributed by atoms with Gasteiger partial charge in [-0.3, -0.25) is 0 Å². The summed E-state index contributed by atoms with van der Waals surface area (Å²) >= 11 is 0. The van der Waals surface area contributed by atoms with E-state index in [0.717, 1.165) is 13.1 Å². The summed E-state index contributed by atoms with van der Waals surface area (Å²) in [7, 11) is 2.12. The largest absolute Gasteiger partial charge is 0.375 e. The molecule has 1 aromatic carbocycles. The quantitative estimate of drug-likeness (QED) is 0.792. The van der Waals surface area contributed by atoms with Crippen LogP contribution >= 0.6 is 0 Å². The van der Waals surface area contributed by atoms with Gasteiger partial charge in [-0.2, -0.15) is 0 Å². The van der Waals surface area contributed by atoms with E-state index < -0.39 is 0 Å². The predicted octanol–water partition coefficient (Wildman–Crippen LogP) is 3.20. The van der Waals surface area contributed by atoms with E-state index in [1.54, 1.807) is 0 Å². The third-order valence-corrected chi connectivity index (χ3v) is 3.01. The van der Waals surface area contributed by atoms with Crippen molar-refractivity contribution < 1.29 is 0 Å². The highest BCUT2D eigenvalue weighted by molar-refractivity contribution is 5.47. The lowest BCUT2D eigenvalue weighted by Gasteiger charge is -2.19. The van der Waals surface area contributed by atoms with Gasteiger partial charge in [0, 0.05) is 25.3 Å². The highest BCUT2D eigenvalue weighted by Crippen LogP contribution is 2.18. The van der Waals surface area contributed by atoms with Crippen molar-refractivity contribution in [2.24, 2.45) is 0 Å². The molecule has 1 rings (SSSR count). The molecule has 2 heteroatoms. The highest BCUT2D eigenvalue weighted by atomic mass is 15.1. The Morgan fingerprint density at radius 3 is 2.31 bits per heavy atom. The zero-order chi connectivity index (χ0) is 12.0. The van der Waals surface area contributed by atoms with E-state index >= 15 is 0 Å².